The van der Waals surface area contributed by atoms with Crippen molar-refractivity contribution in [3.8, 4) is 0 Å². The Morgan fingerprint density at radius 1 is 1.35 bits per heavy atom. The molecule has 0 saturated carbocycles. The monoisotopic (exact) mass is 254 g/mol. The van der Waals surface area contributed by atoms with Gasteiger partial charge in [-0.3, -0.25) is 0 Å². The molecule has 3 nitrogen and oxygen atoms in total. The molecule has 0 saturated heterocycles. The van der Waals surface area contributed by atoms with Gasteiger partial charge in [-0.15, -0.1) is 0 Å². The van der Waals surface area contributed by atoms with E-state index in [1.807, 2.05) is 13.0 Å². The maximum absolute atomic E-state index is 12.8. The third-order valence-corrected chi connectivity index (χ3v) is 2.66. The summed E-state index contributed by atoms with van der Waals surface area (Å²) in [5, 5.41) is 7.35. The minimum absolute atomic E-state index is 0.329. The fourth-order valence-electron chi connectivity index (χ4n) is 1.49. The van der Waals surface area contributed by atoms with E-state index in [1.165, 1.54) is 12.1 Å². The van der Waals surface area contributed by atoms with Crippen molar-refractivity contribution in [3.63, 3.8) is 0 Å². The van der Waals surface area contributed by atoms with Crippen molar-refractivity contribution < 1.29 is 8.91 Å². The summed E-state index contributed by atoms with van der Waals surface area (Å²) >= 11 is 5.90. The van der Waals surface area contributed by atoms with Gasteiger partial charge >= 0.3 is 0 Å². The summed E-state index contributed by atoms with van der Waals surface area (Å²) in [6, 6.07) is 6.22. The van der Waals surface area contributed by atoms with Crippen LogP contribution in [0.25, 0.3) is 0 Å². The minimum Gasteiger partial charge on any atom is -0.360 e. The molecule has 5 heteroatoms. The number of aromatic nitrogens is 1. The summed E-state index contributed by atoms with van der Waals surface area (Å²) in [5.74, 6) is 0.436. The molecule has 0 fully saturated rings. The van der Waals surface area contributed by atoms with E-state index in [4.69, 9.17) is 16.1 Å². The van der Waals surface area contributed by atoms with Crippen molar-refractivity contribution in [2.24, 2.45) is 0 Å². The normalized spacial score (nSPS) is 10.8. The Morgan fingerprint density at radius 2 is 2.18 bits per heavy atom. The van der Waals surface area contributed by atoms with Gasteiger partial charge in [0.25, 0.3) is 0 Å². The Hall–Kier alpha value is -1.39. The highest BCUT2D eigenvalue weighted by Crippen LogP contribution is 2.17. The number of hydrogen-bond acceptors (Lipinski definition) is 3. The second kappa shape index (κ2) is 5.29. The molecule has 0 aliphatic carbocycles. The Balaban J connectivity index is 1.90. The fraction of sp³-hybridized carbons (Fsp3) is 0.250. The van der Waals surface area contributed by atoms with Gasteiger partial charge in [-0.2, -0.15) is 0 Å². The SMILES string of the molecule is Cc1cc(CNCc2ccc(F)cc2Cl)on1. The third-order valence-electron chi connectivity index (χ3n) is 2.31. The Labute approximate surface area is 104 Å². The molecule has 1 heterocycles. The van der Waals surface area contributed by atoms with Gasteiger partial charge in [-0.1, -0.05) is 22.8 Å². The standard InChI is InChI=1S/C12H12ClFN2O/c1-8-4-11(17-16-8)7-15-6-9-2-3-10(14)5-12(9)13/h2-5,15H,6-7H2,1H3. The van der Waals surface area contributed by atoms with Crippen LogP contribution in [-0.2, 0) is 13.1 Å². The second-order valence-electron chi connectivity index (χ2n) is 3.77. The van der Waals surface area contributed by atoms with Crippen LogP contribution in [0.4, 0.5) is 4.39 Å². The molecule has 1 aromatic heterocycles. The first-order valence-electron chi connectivity index (χ1n) is 5.22. The van der Waals surface area contributed by atoms with Crippen LogP contribution in [0.3, 0.4) is 0 Å². The van der Waals surface area contributed by atoms with Crippen molar-refractivity contribution in [2.75, 3.05) is 0 Å². The van der Waals surface area contributed by atoms with Crippen LogP contribution < -0.4 is 5.32 Å². The number of nitrogens with zero attached hydrogens (tertiary/aromatic N) is 1. The smallest absolute Gasteiger partial charge is 0.150 e. The molecular weight excluding hydrogens is 243 g/mol. The van der Waals surface area contributed by atoms with E-state index in [0.717, 1.165) is 17.0 Å². The third kappa shape index (κ3) is 3.28. The molecule has 0 bridgehead atoms. The van der Waals surface area contributed by atoms with Crippen molar-refractivity contribution in [1.82, 2.24) is 10.5 Å². The maximum atomic E-state index is 12.8. The molecule has 0 amide bonds. The first-order valence-corrected chi connectivity index (χ1v) is 5.60. The molecule has 0 spiro atoms. The van der Waals surface area contributed by atoms with E-state index in [1.54, 1.807) is 6.07 Å². The number of benzene rings is 1. The molecule has 0 atom stereocenters. The Morgan fingerprint density at radius 3 is 2.82 bits per heavy atom. The van der Waals surface area contributed by atoms with Crippen molar-refractivity contribution >= 4 is 11.6 Å². The van der Waals surface area contributed by atoms with Gasteiger partial charge in [0.1, 0.15) is 5.82 Å². The quantitative estimate of drug-likeness (QED) is 0.911. The zero-order valence-corrected chi connectivity index (χ0v) is 10.1. The predicted molar refractivity (Wildman–Crippen MR) is 63.2 cm³/mol. The molecule has 17 heavy (non-hydrogen) atoms. The number of nitrogens with one attached hydrogen (secondary N) is 1. The Kier molecular flexibility index (Phi) is 3.76. The van der Waals surface area contributed by atoms with Gasteiger partial charge in [0.05, 0.1) is 12.2 Å². The summed E-state index contributed by atoms with van der Waals surface area (Å²) < 4.78 is 17.9. The van der Waals surface area contributed by atoms with Gasteiger partial charge in [0.2, 0.25) is 0 Å². The van der Waals surface area contributed by atoms with E-state index in [2.05, 4.69) is 10.5 Å². The van der Waals surface area contributed by atoms with E-state index in [-0.39, 0.29) is 5.82 Å². The van der Waals surface area contributed by atoms with Gasteiger partial charge in [0, 0.05) is 17.6 Å². The first kappa shape index (κ1) is 12.1. The van der Waals surface area contributed by atoms with Gasteiger partial charge in [-0.25, -0.2) is 4.39 Å². The van der Waals surface area contributed by atoms with Crippen LogP contribution in [0, 0.1) is 12.7 Å². The lowest BCUT2D eigenvalue weighted by Gasteiger charge is -2.04. The minimum atomic E-state index is -0.329. The van der Waals surface area contributed by atoms with Crippen molar-refractivity contribution in [1.29, 1.82) is 0 Å². The highest BCUT2D eigenvalue weighted by Gasteiger charge is 2.03. The lowest BCUT2D eigenvalue weighted by Crippen LogP contribution is -2.12. The summed E-state index contributed by atoms with van der Waals surface area (Å²) in [4.78, 5) is 0. The molecular formula is C12H12ClFN2O. The summed E-state index contributed by atoms with van der Waals surface area (Å²) in [7, 11) is 0. The molecule has 0 aliphatic heterocycles. The number of hydrogen-bond donors (Lipinski definition) is 1. The largest absolute Gasteiger partial charge is 0.360 e. The van der Waals surface area contributed by atoms with Crippen molar-refractivity contribution in [2.45, 2.75) is 20.0 Å². The Bertz CT molecular complexity index is 513. The van der Waals surface area contributed by atoms with Crippen LogP contribution in [0.15, 0.2) is 28.8 Å². The highest BCUT2D eigenvalue weighted by atomic mass is 35.5. The van der Waals surface area contributed by atoms with E-state index in [9.17, 15) is 4.39 Å². The number of halogens is 2. The van der Waals surface area contributed by atoms with Gasteiger partial charge in [-0.05, 0) is 24.6 Å². The van der Waals surface area contributed by atoms with Crippen LogP contribution >= 0.6 is 11.6 Å². The maximum Gasteiger partial charge on any atom is 0.150 e. The number of rotatable bonds is 4. The molecule has 1 N–H and O–H groups in total. The molecule has 0 aliphatic rings. The lowest BCUT2D eigenvalue weighted by molar-refractivity contribution is 0.369. The molecule has 2 aromatic rings. The van der Waals surface area contributed by atoms with Crippen LogP contribution in [0.1, 0.15) is 17.0 Å². The molecule has 90 valence electrons. The highest BCUT2D eigenvalue weighted by molar-refractivity contribution is 6.31. The van der Waals surface area contributed by atoms with Gasteiger partial charge in [0.15, 0.2) is 5.76 Å². The zero-order valence-electron chi connectivity index (χ0n) is 9.34. The first-order chi connectivity index (χ1) is 8.15. The van der Waals surface area contributed by atoms with E-state index < -0.39 is 0 Å². The molecule has 1 aromatic carbocycles. The summed E-state index contributed by atoms with van der Waals surface area (Å²) in [5.41, 5.74) is 1.70. The van der Waals surface area contributed by atoms with Crippen molar-refractivity contribution in [3.05, 3.63) is 52.1 Å². The molecule has 2 rings (SSSR count). The van der Waals surface area contributed by atoms with E-state index in [0.29, 0.717) is 18.1 Å². The average Bonchev–Trinajstić information content (AvgIpc) is 2.68. The predicted octanol–water partition coefficient (Wildman–Crippen LogP) is 3.07. The molecule has 0 unspecified atom stereocenters. The van der Waals surface area contributed by atoms with Gasteiger partial charge < -0.3 is 9.84 Å². The second-order valence-corrected chi connectivity index (χ2v) is 4.18. The fourth-order valence-corrected chi connectivity index (χ4v) is 1.72. The van der Waals surface area contributed by atoms with Crippen LogP contribution in [0.5, 0.6) is 0 Å². The summed E-state index contributed by atoms with van der Waals surface area (Å²) in [6.45, 7) is 2.98. The lowest BCUT2D eigenvalue weighted by atomic mass is 10.2. The average molecular weight is 255 g/mol. The topological polar surface area (TPSA) is 38.1 Å². The van der Waals surface area contributed by atoms with E-state index >= 15 is 0 Å². The van der Waals surface area contributed by atoms with Crippen LogP contribution in [-0.4, -0.2) is 5.16 Å². The number of aryl methyl sites for hydroxylation is 1. The summed E-state index contributed by atoms with van der Waals surface area (Å²) in [6.07, 6.45) is 0. The van der Waals surface area contributed by atoms with Crippen LogP contribution in [0.2, 0.25) is 5.02 Å². The zero-order chi connectivity index (χ0) is 12.3. The molecule has 0 radical (unpaired) electrons.